The Labute approximate surface area is 159 Å². The van der Waals surface area contributed by atoms with Crippen LogP contribution in [0.4, 0.5) is 9.52 Å². The summed E-state index contributed by atoms with van der Waals surface area (Å²) in [5, 5.41) is 15.6. The lowest BCUT2D eigenvalue weighted by atomic mass is 10.1. The minimum atomic E-state index is -0.321. The molecule has 4 aromatic rings. The average molecular weight is 432 g/mol. The molecule has 0 fully saturated rings. The third-order valence-corrected chi connectivity index (χ3v) is 5.09. The third kappa shape index (κ3) is 3.11. The molecule has 0 bridgehead atoms. The SMILES string of the molecule is Cc1ccc(-c2nnc3sc(NC(=O)c4ccc(Br)cc4)nn23)cc1F. The van der Waals surface area contributed by atoms with Crippen molar-refractivity contribution in [2.45, 2.75) is 6.92 Å². The van der Waals surface area contributed by atoms with Crippen molar-refractivity contribution in [2.24, 2.45) is 0 Å². The van der Waals surface area contributed by atoms with E-state index >= 15 is 0 Å². The fourth-order valence-corrected chi connectivity index (χ4v) is 3.35. The summed E-state index contributed by atoms with van der Waals surface area (Å²) in [7, 11) is 0. The number of halogens is 2. The van der Waals surface area contributed by atoms with Crippen molar-refractivity contribution >= 4 is 43.3 Å². The first-order valence-electron chi connectivity index (χ1n) is 7.57. The number of hydrogen-bond donors (Lipinski definition) is 1. The molecule has 1 amide bonds. The van der Waals surface area contributed by atoms with Crippen LogP contribution in [0.5, 0.6) is 0 Å². The lowest BCUT2D eigenvalue weighted by molar-refractivity contribution is 0.102. The molecule has 2 aromatic carbocycles. The molecule has 0 aliphatic rings. The van der Waals surface area contributed by atoms with E-state index in [1.807, 2.05) is 0 Å². The van der Waals surface area contributed by atoms with E-state index in [4.69, 9.17) is 0 Å². The Morgan fingerprint density at radius 1 is 1.19 bits per heavy atom. The van der Waals surface area contributed by atoms with Gasteiger partial charge in [-0.2, -0.15) is 4.52 Å². The number of rotatable bonds is 3. The molecule has 0 unspecified atom stereocenters. The molecule has 2 aromatic heterocycles. The Balaban J connectivity index is 1.64. The van der Waals surface area contributed by atoms with Gasteiger partial charge in [-0.1, -0.05) is 39.4 Å². The van der Waals surface area contributed by atoms with Crippen molar-refractivity contribution in [2.75, 3.05) is 5.32 Å². The maximum atomic E-state index is 13.8. The summed E-state index contributed by atoms with van der Waals surface area (Å²) in [6.07, 6.45) is 0. The second kappa shape index (κ2) is 6.58. The molecule has 9 heteroatoms. The number of nitrogens with one attached hydrogen (secondary N) is 1. The minimum absolute atomic E-state index is 0.273. The van der Waals surface area contributed by atoms with Gasteiger partial charge in [0.1, 0.15) is 5.82 Å². The molecule has 26 heavy (non-hydrogen) atoms. The smallest absolute Gasteiger partial charge is 0.257 e. The van der Waals surface area contributed by atoms with Crippen LogP contribution in [-0.2, 0) is 0 Å². The Hall–Kier alpha value is -2.65. The first-order valence-corrected chi connectivity index (χ1v) is 9.18. The van der Waals surface area contributed by atoms with E-state index in [-0.39, 0.29) is 11.7 Å². The average Bonchev–Trinajstić information content (AvgIpc) is 3.18. The Bertz CT molecular complexity index is 1120. The lowest BCUT2D eigenvalue weighted by Gasteiger charge is -2.01. The molecule has 6 nitrogen and oxygen atoms in total. The highest BCUT2D eigenvalue weighted by Gasteiger charge is 2.16. The second-order valence-corrected chi connectivity index (χ2v) is 7.42. The largest absolute Gasteiger partial charge is 0.296 e. The Kier molecular flexibility index (Phi) is 4.25. The molecule has 0 radical (unpaired) electrons. The highest BCUT2D eigenvalue weighted by Crippen LogP contribution is 2.25. The predicted molar refractivity (Wildman–Crippen MR) is 101 cm³/mol. The van der Waals surface area contributed by atoms with Crippen LogP contribution in [0.25, 0.3) is 16.3 Å². The van der Waals surface area contributed by atoms with Crippen molar-refractivity contribution in [3.63, 3.8) is 0 Å². The number of fused-ring (bicyclic) bond motifs is 1. The topological polar surface area (TPSA) is 72.2 Å². The zero-order chi connectivity index (χ0) is 18.3. The summed E-state index contributed by atoms with van der Waals surface area (Å²) in [6.45, 7) is 1.69. The van der Waals surface area contributed by atoms with E-state index in [9.17, 15) is 9.18 Å². The molecule has 0 spiro atoms. The van der Waals surface area contributed by atoms with Crippen LogP contribution in [0.1, 0.15) is 15.9 Å². The number of carbonyl (C=O) groups excluding carboxylic acids is 1. The van der Waals surface area contributed by atoms with Gasteiger partial charge in [0.15, 0.2) is 5.82 Å². The van der Waals surface area contributed by atoms with Crippen LogP contribution in [0, 0.1) is 12.7 Å². The monoisotopic (exact) mass is 431 g/mol. The molecule has 1 N–H and O–H groups in total. The summed E-state index contributed by atoms with van der Waals surface area (Å²) >= 11 is 4.52. The molecular weight excluding hydrogens is 421 g/mol. The van der Waals surface area contributed by atoms with E-state index in [1.54, 1.807) is 43.3 Å². The summed E-state index contributed by atoms with van der Waals surface area (Å²) in [5.74, 6) is -0.178. The Morgan fingerprint density at radius 2 is 1.96 bits per heavy atom. The van der Waals surface area contributed by atoms with Gasteiger partial charge < -0.3 is 0 Å². The number of amides is 1. The van der Waals surface area contributed by atoms with Crippen LogP contribution in [0.3, 0.4) is 0 Å². The highest BCUT2D eigenvalue weighted by molar-refractivity contribution is 9.10. The van der Waals surface area contributed by atoms with Gasteiger partial charge in [0.25, 0.3) is 5.91 Å². The third-order valence-electron chi connectivity index (χ3n) is 3.75. The zero-order valence-electron chi connectivity index (χ0n) is 13.4. The van der Waals surface area contributed by atoms with Crippen LogP contribution < -0.4 is 5.32 Å². The second-order valence-electron chi connectivity index (χ2n) is 5.55. The number of carbonyl (C=O) groups is 1. The molecule has 0 saturated heterocycles. The van der Waals surface area contributed by atoms with E-state index in [1.165, 1.54) is 21.9 Å². The molecule has 130 valence electrons. The number of nitrogens with zero attached hydrogens (tertiary/aromatic N) is 4. The minimum Gasteiger partial charge on any atom is -0.296 e. The van der Waals surface area contributed by atoms with Gasteiger partial charge in [0.05, 0.1) is 0 Å². The molecule has 0 aliphatic carbocycles. The number of anilines is 1. The first-order chi connectivity index (χ1) is 12.5. The fourth-order valence-electron chi connectivity index (χ4n) is 2.35. The lowest BCUT2D eigenvalue weighted by Crippen LogP contribution is -2.11. The summed E-state index contributed by atoms with van der Waals surface area (Å²) in [5.41, 5.74) is 1.63. The van der Waals surface area contributed by atoms with Gasteiger partial charge >= 0.3 is 0 Å². The molecular formula is C17H11BrFN5OS. The van der Waals surface area contributed by atoms with Crippen LogP contribution in [-0.4, -0.2) is 25.7 Å². The number of aromatic nitrogens is 4. The molecule has 0 atom stereocenters. The number of benzene rings is 2. The number of hydrogen-bond acceptors (Lipinski definition) is 5. The molecule has 2 heterocycles. The van der Waals surface area contributed by atoms with Crippen molar-refractivity contribution in [1.82, 2.24) is 19.8 Å². The molecule has 4 rings (SSSR count). The standard InChI is InChI=1S/C17H11BrFN5OS/c1-9-2-3-11(8-13(9)19)14-21-22-17-24(14)23-16(26-17)20-15(25)10-4-6-12(18)7-5-10/h2-8H,1H3,(H,20,23,25). The molecule has 0 saturated carbocycles. The Morgan fingerprint density at radius 3 is 2.69 bits per heavy atom. The fraction of sp³-hybridized carbons (Fsp3) is 0.0588. The van der Waals surface area contributed by atoms with Gasteiger partial charge in [-0.05, 0) is 42.8 Å². The van der Waals surface area contributed by atoms with E-state index in [0.29, 0.717) is 32.6 Å². The van der Waals surface area contributed by atoms with Gasteiger partial charge in [0, 0.05) is 15.6 Å². The van der Waals surface area contributed by atoms with Gasteiger partial charge in [-0.25, -0.2) is 4.39 Å². The maximum Gasteiger partial charge on any atom is 0.257 e. The van der Waals surface area contributed by atoms with Crippen LogP contribution >= 0.6 is 27.3 Å². The molecule has 0 aliphatic heterocycles. The predicted octanol–water partition coefficient (Wildman–Crippen LogP) is 4.32. The normalized spacial score (nSPS) is 11.0. The van der Waals surface area contributed by atoms with Crippen molar-refractivity contribution in [3.05, 3.63) is 63.9 Å². The van der Waals surface area contributed by atoms with Gasteiger partial charge in [-0.3, -0.25) is 10.1 Å². The maximum absolute atomic E-state index is 13.8. The summed E-state index contributed by atoms with van der Waals surface area (Å²) in [4.78, 5) is 12.8. The quantitative estimate of drug-likeness (QED) is 0.524. The van der Waals surface area contributed by atoms with E-state index in [2.05, 4.69) is 36.5 Å². The first kappa shape index (κ1) is 16.8. The van der Waals surface area contributed by atoms with Crippen molar-refractivity contribution in [3.8, 4) is 11.4 Å². The highest BCUT2D eigenvalue weighted by atomic mass is 79.9. The zero-order valence-corrected chi connectivity index (χ0v) is 15.8. The van der Waals surface area contributed by atoms with Crippen molar-refractivity contribution in [1.29, 1.82) is 0 Å². The van der Waals surface area contributed by atoms with Crippen LogP contribution in [0.15, 0.2) is 46.9 Å². The van der Waals surface area contributed by atoms with Gasteiger partial charge in [0.2, 0.25) is 10.1 Å². The van der Waals surface area contributed by atoms with Crippen molar-refractivity contribution < 1.29 is 9.18 Å². The number of aryl methyl sites for hydroxylation is 1. The van der Waals surface area contributed by atoms with Gasteiger partial charge in [-0.15, -0.1) is 15.3 Å². The summed E-state index contributed by atoms with van der Waals surface area (Å²) < 4.78 is 16.2. The van der Waals surface area contributed by atoms with E-state index < -0.39 is 0 Å². The summed E-state index contributed by atoms with van der Waals surface area (Å²) in [6, 6.07) is 11.8. The van der Waals surface area contributed by atoms with Crippen LogP contribution in [0.2, 0.25) is 0 Å². The van der Waals surface area contributed by atoms with E-state index in [0.717, 1.165) is 4.47 Å².